The average molecular weight is 326 g/mol. The van der Waals surface area contributed by atoms with Crippen LogP contribution in [0.3, 0.4) is 0 Å². The molecule has 5 nitrogen and oxygen atoms in total. The molecule has 0 unspecified atom stereocenters. The Morgan fingerprint density at radius 3 is 2.87 bits per heavy atom. The zero-order valence-corrected chi connectivity index (χ0v) is 13.5. The third-order valence-corrected chi connectivity index (χ3v) is 5.12. The minimum Gasteiger partial charge on any atom is -0.313 e. The summed E-state index contributed by atoms with van der Waals surface area (Å²) in [6, 6.07) is 8.04. The minimum absolute atomic E-state index is 0.0657. The molecule has 0 atom stereocenters. The third kappa shape index (κ3) is 3.00. The van der Waals surface area contributed by atoms with Gasteiger partial charge >= 0.3 is 6.03 Å². The first-order chi connectivity index (χ1) is 11.3. The molecule has 1 aromatic carbocycles. The van der Waals surface area contributed by atoms with Gasteiger partial charge in [-0.15, -0.1) is 11.3 Å². The van der Waals surface area contributed by atoms with E-state index in [4.69, 9.17) is 0 Å². The molecular formula is C17H18N4OS. The Hall–Kier alpha value is -2.18. The lowest BCUT2D eigenvalue weighted by molar-refractivity contribution is 0.212. The molecule has 118 valence electrons. The first-order valence-electron chi connectivity index (χ1n) is 7.77. The lowest BCUT2D eigenvalue weighted by Crippen LogP contribution is -2.30. The van der Waals surface area contributed by atoms with Crippen molar-refractivity contribution in [2.75, 3.05) is 18.4 Å². The number of benzene rings is 1. The lowest BCUT2D eigenvalue weighted by Gasteiger charge is -2.17. The van der Waals surface area contributed by atoms with Crippen molar-refractivity contribution in [1.29, 1.82) is 0 Å². The first kappa shape index (κ1) is 14.4. The number of rotatable bonds is 2. The Balaban J connectivity index is 1.40. The molecule has 2 aromatic rings. The Morgan fingerprint density at radius 1 is 1.26 bits per heavy atom. The smallest absolute Gasteiger partial charge is 0.313 e. The molecule has 0 aliphatic carbocycles. The summed E-state index contributed by atoms with van der Waals surface area (Å²) in [7, 11) is 0. The number of carbonyl (C=O) groups is 1. The highest BCUT2D eigenvalue weighted by molar-refractivity contribution is 7.09. The van der Waals surface area contributed by atoms with Crippen LogP contribution in [-0.2, 0) is 13.1 Å². The number of aromatic nitrogens is 1. The number of thiazole rings is 1. The number of hydrogen-bond donors (Lipinski definition) is 2. The number of carbonyl (C=O) groups excluding carboxylic acids is 1. The lowest BCUT2D eigenvalue weighted by atomic mass is 10.0. The summed E-state index contributed by atoms with van der Waals surface area (Å²) in [5.74, 6) is 0. The van der Waals surface area contributed by atoms with Crippen LogP contribution in [-0.4, -0.2) is 29.0 Å². The van der Waals surface area contributed by atoms with Crippen LogP contribution in [0.4, 0.5) is 10.5 Å². The second-order valence-corrected chi connectivity index (χ2v) is 6.71. The van der Waals surface area contributed by atoms with E-state index in [2.05, 4.69) is 33.8 Å². The van der Waals surface area contributed by atoms with Gasteiger partial charge in [-0.3, -0.25) is 0 Å². The van der Waals surface area contributed by atoms with Crippen LogP contribution >= 0.6 is 11.3 Å². The first-order valence-corrected chi connectivity index (χ1v) is 8.65. The van der Waals surface area contributed by atoms with Crippen LogP contribution in [0.1, 0.15) is 22.6 Å². The van der Waals surface area contributed by atoms with E-state index in [9.17, 15) is 4.79 Å². The molecule has 2 N–H and O–H groups in total. The van der Waals surface area contributed by atoms with E-state index in [0.29, 0.717) is 13.1 Å². The largest absolute Gasteiger partial charge is 0.322 e. The van der Waals surface area contributed by atoms with Gasteiger partial charge in [0, 0.05) is 17.1 Å². The second kappa shape index (κ2) is 6.14. The number of nitrogens with zero attached hydrogens (tertiary/aromatic N) is 2. The Labute approximate surface area is 139 Å². The molecule has 0 saturated carbocycles. The van der Waals surface area contributed by atoms with E-state index in [1.54, 1.807) is 16.2 Å². The molecule has 0 radical (unpaired) electrons. The predicted octanol–water partition coefficient (Wildman–Crippen LogP) is 3.07. The standard InChI is InChI=1S/C17H18N4OS/c22-17(21-9-15-16(10-21)23-11-19-15)20-14-3-1-12(2-4-14)13-5-7-18-8-6-13/h1-5,11,18H,6-10H2,(H,20,22). The normalized spacial score (nSPS) is 16.9. The average Bonchev–Trinajstić information content (AvgIpc) is 3.18. The van der Waals surface area contributed by atoms with Gasteiger partial charge in [0.05, 0.1) is 24.3 Å². The molecule has 1 aromatic heterocycles. The highest BCUT2D eigenvalue weighted by atomic mass is 32.1. The second-order valence-electron chi connectivity index (χ2n) is 5.77. The van der Waals surface area contributed by atoms with Gasteiger partial charge in [0.15, 0.2) is 0 Å². The van der Waals surface area contributed by atoms with E-state index < -0.39 is 0 Å². The highest BCUT2D eigenvalue weighted by Gasteiger charge is 2.25. The molecule has 0 fully saturated rings. The van der Waals surface area contributed by atoms with Crippen molar-refractivity contribution < 1.29 is 4.79 Å². The van der Waals surface area contributed by atoms with Crippen molar-refractivity contribution in [1.82, 2.24) is 15.2 Å². The molecule has 6 heteroatoms. The number of hydrogen-bond acceptors (Lipinski definition) is 4. The van der Waals surface area contributed by atoms with Crippen LogP contribution in [0.5, 0.6) is 0 Å². The minimum atomic E-state index is -0.0657. The van der Waals surface area contributed by atoms with Gasteiger partial charge in [0.25, 0.3) is 0 Å². The molecular weight excluding hydrogens is 308 g/mol. The Morgan fingerprint density at radius 2 is 2.13 bits per heavy atom. The van der Waals surface area contributed by atoms with Gasteiger partial charge in [0.2, 0.25) is 0 Å². The zero-order valence-electron chi connectivity index (χ0n) is 12.7. The number of fused-ring (bicyclic) bond motifs is 1. The third-order valence-electron chi connectivity index (χ3n) is 4.26. The molecule has 2 amide bonds. The molecule has 23 heavy (non-hydrogen) atoms. The van der Waals surface area contributed by atoms with Crippen LogP contribution < -0.4 is 10.6 Å². The molecule has 0 saturated heterocycles. The number of nitrogens with one attached hydrogen (secondary N) is 2. The van der Waals surface area contributed by atoms with E-state index in [1.165, 1.54) is 16.0 Å². The Bertz CT molecular complexity index is 730. The van der Waals surface area contributed by atoms with Crippen molar-refractivity contribution in [3.05, 3.63) is 52.0 Å². The maximum Gasteiger partial charge on any atom is 0.322 e. The van der Waals surface area contributed by atoms with Crippen molar-refractivity contribution >= 4 is 28.6 Å². The quantitative estimate of drug-likeness (QED) is 0.892. The monoisotopic (exact) mass is 326 g/mol. The predicted molar refractivity (Wildman–Crippen MR) is 92.3 cm³/mol. The van der Waals surface area contributed by atoms with E-state index in [-0.39, 0.29) is 6.03 Å². The molecule has 3 heterocycles. The van der Waals surface area contributed by atoms with Gasteiger partial charge in [0.1, 0.15) is 0 Å². The van der Waals surface area contributed by atoms with Crippen LogP contribution in [0.2, 0.25) is 0 Å². The maximum absolute atomic E-state index is 12.3. The fraction of sp³-hybridized carbons (Fsp3) is 0.294. The van der Waals surface area contributed by atoms with Gasteiger partial charge in [-0.2, -0.15) is 0 Å². The van der Waals surface area contributed by atoms with Crippen LogP contribution in [0.25, 0.3) is 5.57 Å². The van der Waals surface area contributed by atoms with E-state index in [0.717, 1.165) is 30.9 Å². The van der Waals surface area contributed by atoms with Crippen LogP contribution in [0, 0.1) is 0 Å². The molecule has 4 rings (SSSR count). The van der Waals surface area contributed by atoms with Gasteiger partial charge in [-0.25, -0.2) is 9.78 Å². The van der Waals surface area contributed by atoms with Crippen molar-refractivity contribution in [2.24, 2.45) is 0 Å². The van der Waals surface area contributed by atoms with Crippen LogP contribution in [0.15, 0.2) is 35.9 Å². The summed E-state index contributed by atoms with van der Waals surface area (Å²) in [6.07, 6.45) is 3.28. The van der Waals surface area contributed by atoms with Crippen molar-refractivity contribution in [2.45, 2.75) is 19.5 Å². The SMILES string of the molecule is O=C(Nc1ccc(C2=CCNCC2)cc1)N1Cc2ncsc2C1. The summed E-state index contributed by atoms with van der Waals surface area (Å²) in [5, 5.41) is 6.29. The van der Waals surface area contributed by atoms with Gasteiger partial charge in [-0.1, -0.05) is 18.2 Å². The van der Waals surface area contributed by atoms with Gasteiger partial charge in [-0.05, 0) is 36.2 Å². The molecule has 2 aliphatic rings. The number of urea groups is 1. The fourth-order valence-electron chi connectivity index (χ4n) is 2.96. The van der Waals surface area contributed by atoms with E-state index >= 15 is 0 Å². The molecule has 0 bridgehead atoms. The number of anilines is 1. The summed E-state index contributed by atoms with van der Waals surface area (Å²) in [4.78, 5) is 19.6. The zero-order chi connectivity index (χ0) is 15.6. The van der Waals surface area contributed by atoms with Crippen molar-refractivity contribution in [3.63, 3.8) is 0 Å². The summed E-state index contributed by atoms with van der Waals surface area (Å²) < 4.78 is 0. The number of amides is 2. The fourth-order valence-corrected chi connectivity index (χ4v) is 3.75. The van der Waals surface area contributed by atoms with E-state index in [1.807, 2.05) is 17.6 Å². The topological polar surface area (TPSA) is 57.3 Å². The summed E-state index contributed by atoms with van der Waals surface area (Å²) >= 11 is 1.61. The maximum atomic E-state index is 12.3. The summed E-state index contributed by atoms with van der Waals surface area (Å²) in [5.41, 5.74) is 6.30. The molecule has 2 aliphatic heterocycles. The summed E-state index contributed by atoms with van der Waals surface area (Å²) in [6.45, 7) is 3.21. The molecule has 0 spiro atoms. The van der Waals surface area contributed by atoms with Crippen molar-refractivity contribution in [3.8, 4) is 0 Å². The highest BCUT2D eigenvalue weighted by Crippen LogP contribution is 2.26. The van der Waals surface area contributed by atoms with Gasteiger partial charge < -0.3 is 15.5 Å². The Kier molecular flexibility index (Phi) is 3.85.